The van der Waals surface area contributed by atoms with E-state index >= 15 is 0 Å². The van der Waals surface area contributed by atoms with Crippen molar-refractivity contribution >= 4 is 22.2 Å². The van der Waals surface area contributed by atoms with Crippen LogP contribution in [0, 0.1) is 6.92 Å². The summed E-state index contributed by atoms with van der Waals surface area (Å²) < 4.78 is 43.4. The summed E-state index contributed by atoms with van der Waals surface area (Å²) in [5, 5.41) is 3.86. The zero-order valence-corrected chi connectivity index (χ0v) is 13.9. The lowest BCUT2D eigenvalue weighted by molar-refractivity contribution is -0.137. The van der Waals surface area contributed by atoms with Gasteiger partial charge in [0.2, 0.25) is 0 Å². The third-order valence-corrected chi connectivity index (χ3v) is 4.50. The highest BCUT2D eigenvalue weighted by molar-refractivity contribution is 7.16. The lowest BCUT2D eigenvalue weighted by atomic mass is 10.1. The van der Waals surface area contributed by atoms with Crippen molar-refractivity contribution in [3.8, 4) is 0 Å². The summed E-state index contributed by atoms with van der Waals surface area (Å²) in [6.45, 7) is 1.73. The molecule has 2 heterocycles. The Morgan fingerprint density at radius 2 is 2.08 bits per heavy atom. The van der Waals surface area contributed by atoms with Crippen LogP contribution in [-0.2, 0) is 12.6 Å². The maximum atomic E-state index is 12.8. The summed E-state index contributed by atoms with van der Waals surface area (Å²) in [4.78, 5) is 16.3. The van der Waals surface area contributed by atoms with E-state index in [4.69, 9.17) is 4.42 Å². The summed E-state index contributed by atoms with van der Waals surface area (Å²) in [6, 6.07) is 8.28. The fraction of sp³-hybridized carbons (Fsp3) is 0.176. The van der Waals surface area contributed by atoms with Gasteiger partial charge in [-0.25, -0.2) is 4.98 Å². The number of halogens is 3. The van der Waals surface area contributed by atoms with Gasteiger partial charge in [-0.1, -0.05) is 18.2 Å². The molecule has 25 heavy (non-hydrogen) atoms. The smallest absolute Gasteiger partial charge is 0.416 e. The van der Waals surface area contributed by atoms with Crippen LogP contribution in [0.3, 0.4) is 0 Å². The van der Waals surface area contributed by atoms with E-state index in [1.54, 1.807) is 19.1 Å². The van der Waals surface area contributed by atoms with E-state index in [-0.39, 0.29) is 12.2 Å². The lowest BCUT2D eigenvalue weighted by Gasteiger charge is -2.07. The van der Waals surface area contributed by atoms with Crippen LogP contribution in [-0.4, -0.2) is 10.9 Å². The second-order valence-corrected chi connectivity index (χ2v) is 6.41. The first-order valence-electron chi connectivity index (χ1n) is 7.30. The van der Waals surface area contributed by atoms with Gasteiger partial charge < -0.3 is 9.73 Å². The van der Waals surface area contributed by atoms with Crippen LogP contribution in [0.1, 0.15) is 32.4 Å². The van der Waals surface area contributed by atoms with E-state index in [0.29, 0.717) is 21.3 Å². The number of aromatic nitrogens is 1. The Morgan fingerprint density at radius 1 is 1.28 bits per heavy atom. The zero-order chi connectivity index (χ0) is 18.0. The Labute approximate surface area is 145 Å². The van der Waals surface area contributed by atoms with Gasteiger partial charge in [0.1, 0.15) is 5.00 Å². The second kappa shape index (κ2) is 6.72. The van der Waals surface area contributed by atoms with Crippen molar-refractivity contribution < 1.29 is 22.4 Å². The molecule has 2 aromatic heterocycles. The number of alkyl halides is 3. The van der Waals surface area contributed by atoms with Gasteiger partial charge in [0.25, 0.3) is 5.91 Å². The Balaban J connectivity index is 1.76. The molecule has 0 aliphatic heterocycles. The molecule has 1 amide bonds. The van der Waals surface area contributed by atoms with E-state index in [2.05, 4.69) is 10.3 Å². The highest BCUT2D eigenvalue weighted by Gasteiger charge is 2.30. The van der Waals surface area contributed by atoms with Crippen molar-refractivity contribution in [1.29, 1.82) is 0 Å². The molecule has 0 bridgehead atoms. The van der Waals surface area contributed by atoms with E-state index in [9.17, 15) is 18.0 Å². The number of anilines is 1. The number of rotatable bonds is 4. The summed E-state index contributed by atoms with van der Waals surface area (Å²) in [6.07, 6.45) is -2.73. The van der Waals surface area contributed by atoms with Crippen molar-refractivity contribution in [2.24, 2.45) is 0 Å². The molecule has 0 aliphatic carbocycles. The first-order valence-corrected chi connectivity index (χ1v) is 8.12. The molecular formula is C17H13F3N2O2S. The molecule has 0 saturated carbocycles. The SMILES string of the molecule is Cc1nc(Cc2cccc(C(F)(F)F)c2)sc1NC(=O)c1ccco1. The van der Waals surface area contributed by atoms with Crippen LogP contribution in [0.2, 0.25) is 0 Å². The second-order valence-electron chi connectivity index (χ2n) is 5.33. The van der Waals surface area contributed by atoms with E-state index in [1.165, 1.54) is 29.7 Å². The first kappa shape index (κ1) is 17.2. The van der Waals surface area contributed by atoms with Crippen molar-refractivity contribution in [2.45, 2.75) is 19.5 Å². The van der Waals surface area contributed by atoms with Crippen LogP contribution >= 0.6 is 11.3 Å². The molecule has 0 aliphatic rings. The van der Waals surface area contributed by atoms with Crippen LogP contribution in [0.15, 0.2) is 47.1 Å². The van der Waals surface area contributed by atoms with E-state index < -0.39 is 17.6 Å². The van der Waals surface area contributed by atoms with Crippen molar-refractivity contribution in [2.75, 3.05) is 5.32 Å². The molecule has 0 radical (unpaired) electrons. The predicted octanol–water partition coefficient (Wildman–Crippen LogP) is 4.91. The number of aryl methyl sites for hydroxylation is 1. The number of furan rings is 1. The van der Waals surface area contributed by atoms with Gasteiger partial charge in [-0.2, -0.15) is 13.2 Å². The third-order valence-electron chi connectivity index (χ3n) is 3.42. The molecule has 3 rings (SSSR count). The number of hydrogen-bond donors (Lipinski definition) is 1. The highest BCUT2D eigenvalue weighted by atomic mass is 32.1. The van der Waals surface area contributed by atoms with Gasteiger partial charge in [0, 0.05) is 6.42 Å². The Morgan fingerprint density at radius 3 is 2.76 bits per heavy atom. The van der Waals surface area contributed by atoms with Gasteiger partial charge >= 0.3 is 6.18 Å². The minimum atomic E-state index is -4.38. The van der Waals surface area contributed by atoms with Crippen molar-refractivity contribution in [1.82, 2.24) is 4.98 Å². The molecule has 0 fully saturated rings. The average molecular weight is 366 g/mol. The van der Waals surface area contributed by atoms with Crippen molar-refractivity contribution in [3.63, 3.8) is 0 Å². The fourth-order valence-electron chi connectivity index (χ4n) is 2.25. The number of hydrogen-bond acceptors (Lipinski definition) is 4. The third kappa shape index (κ3) is 4.08. The normalized spacial score (nSPS) is 11.5. The molecular weight excluding hydrogens is 353 g/mol. The summed E-state index contributed by atoms with van der Waals surface area (Å²) in [7, 11) is 0. The quantitative estimate of drug-likeness (QED) is 0.714. The lowest BCUT2D eigenvalue weighted by Crippen LogP contribution is -2.10. The average Bonchev–Trinajstić information content (AvgIpc) is 3.17. The number of nitrogens with one attached hydrogen (secondary N) is 1. The van der Waals surface area contributed by atoms with Gasteiger partial charge in [0.05, 0.1) is 22.5 Å². The molecule has 0 atom stereocenters. The topological polar surface area (TPSA) is 55.1 Å². The molecule has 8 heteroatoms. The van der Waals surface area contributed by atoms with E-state index in [1.807, 2.05) is 0 Å². The van der Waals surface area contributed by atoms with Crippen LogP contribution in [0.25, 0.3) is 0 Å². The maximum Gasteiger partial charge on any atom is 0.416 e. The summed E-state index contributed by atoms with van der Waals surface area (Å²) in [5.74, 6) is -0.227. The predicted molar refractivity (Wildman–Crippen MR) is 87.8 cm³/mol. The van der Waals surface area contributed by atoms with Gasteiger partial charge in [-0.15, -0.1) is 11.3 Å². The molecule has 130 valence electrons. The van der Waals surface area contributed by atoms with E-state index in [0.717, 1.165) is 12.1 Å². The molecule has 0 spiro atoms. The number of carbonyl (C=O) groups excluding carboxylic acids is 1. The number of benzene rings is 1. The molecule has 0 unspecified atom stereocenters. The summed E-state index contributed by atoms with van der Waals surface area (Å²) in [5.41, 5.74) is 0.420. The minimum absolute atomic E-state index is 0.173. The summed E-state index contributed by atoms with van der Waals surface area (Å²) >= 11 is 1.23. The minimum Gasteiger partial charge on any atom is -0.459 e. The zero-order valence-electron chi connectivity index (χ0n) is 13.1. The Bertz CT molecular complexity index is 886. The monoisotopic (exact) mass is 366 g/mol. The highest BCUT2D eigenvalue weighted by Crippen LogP contribution is 2.31. The van der Waals surface area contributed by atoms with Gasteiger partial charge in [-0.3, -0.25) is 4.79 Å². The number of nitrogens with zero attached hydrogens (tertiary/aromatic N) is 1. The maximum absolute atomic E-state index is 12.8. The fourth-order valence-corrected chi connectivity index (χ4v) is 3.24. The largest absolute Gasteiger partial charge is 0.459 e. The molecule has 0 saturated heterocycles. The van der Waals surface area contributed by atoms with Crippen LogP contribution in [0.4, 0.5) is 18.2 Å². The van der Waals surface area contributed by atoms with Crippen LogP contribution in [0.5, 0.6) is 0 Å². The molecule has 3 aromatic rings. The first-order chi connectivity index (χ1) is 11.8. The molecule has 1 N–H and O–H groups in total. The number of thiazole rings is 1. The van der Waals surface area contributed by atoms with Crippen LogP contribution < -0.4 is 5.32 Å². The molecule has 4 nitrogen and oxygen atoms in total. The number of amides is 1. The van der Waals surface area contributed by atoms with Crippen molar-refractivity contribution in [3.05, 3.63) is 70.3 Å². The Kier molecular flexibility index (Phi) is 4.63. The Hall–Kier alpha value is -2.61. The standard InChI is InChI=1S/C17H13F3N2O2S/c1-10-16(22-15(23)13-6-3-7-24-13)25-14(21-10)9-11-4-2-5-12(8-11)17(18,19)20/h2-8H,9H2,1H3,(H,22,23). The molecule has 1 aromatic carbocycles. The van der Waals surface area contributed by atoms with Gasteiger partial charge in [-0.05, 0) is 30.7 Å². The van der Waals surface area contributed by atoms with Gasteiger partial charge in [0.15, 0.2) is 5.76 Å². The number of carbonyl (C=O) groups is 1.